The van der Waals surface area contributed by atoms with Crippen LogP contribution < -0.4 is 0 Å². The van der Waals surface area contributed by atoms with Gasteiger partial charge in [-0.3, -0.25) is 0 Å². The summed E-state index contributed by atoms with van der Waals surface area (Å²) < 4.78 is 0.679. The number of hydrogen-bond acceptors (Lipinski definition) is 3. The predicted molar refractivity (Wildman–Crippen MR) is 64.0 cm³/mol. The standard InChI is InChI=1S/C9H10BrClO2S/c10-7-3-5(11)1-2-6(7)9(13)8(12)4-14/h1-3,8-9,12-14H,4H2. The third kappa shape index (κ3) is 2.87. The SMILES string of the molecule is OC(CS)C(O)c1ccc(Cl)cc1Br. The molecule has 0 aliphatic rings. The number of rotatable bonds is 3. The molecule has 0 saturated carbocycles. The molecule has 0 saturated heterocycles. The van der Waals surface area contributed by atoms with Crippen molar-refractivity contribution in [1.82, 2.24) is 0 Å². The first-order chi connectivity index (χ1) is 6.56. The molecule has 2 nitrogen and oxygen atoms in total. The summed E-state index contributed by atoms with van der Waals surface area (Å²) in [5, 5.41) is 19.7. The highest BCUT2D eigenvalue weighted by Crippen LogP contribution is 2.28. The van der Waals surface area contributed by atoms with Crippen molar-refractivity contribution in [2.45, 2.75) is 12.2 Å². The molecule has 0 radical (unpaired) electrons. The molecule has 0 heterocycles. The van der Waals surface area contributed by atoms with Gasteiger partial charge in [-0.15, -0.1) is 0 Å². The number of aliphatic hydroxyl groups excluding tert-OH is 2. The zero-order valence-electron chi connectivity index (χ0n) is 7.19. The Morgan fingerprint density at radius 3 is 2.57 bits per heavy atom. The van der Waals surface area contributed by atoms with Gasteiger partial charge in [0.2, 0.25) is 0 Å². The maximum absolute atomic E-state index is 9.69. The van der Waals surface area contributed by atoms with Gasteiger partial charge >= 0.3 is 0 Å². The summed E-state index contributed by atoms with van der Waals surface area (Å²) in [6, 6.07) is 5.01. The Morgan fingerprint density at radius 1 is 1.43 bits per heavy atom. The van der Waals surface area contributed by atoms with E-state index in [9.17, 15) is 10.2 Å². The van der Waals surface area contributed by atoms with Gasteiger partial charge in [-0.25, -0.2) is 0 Å². The van der Waals surface area contributed by atoms with Gasteiger partial charge < -0.3 is 10.2 Å². The summed E-state index contributed by atoms with van der Waals surface area (Å²) in [6.45, 7) is 0. The van der Waals surface area contributed by atoms with E-state index in [4.69, 9.17) is 11.6 Å². The van der Waals surface area contributed by atoms with E-state index in [2.05, 4.69) is 28.6 Å². The van der Waals surface area contributed by atoms with Crippen molar-refractivity contribution in [3.05, 3.63) is 33.3 Å². The molecule has 0 aromatic heterocycles. The van der Waals surface area contributed by atoms with Gasteiger partial charge in [-0.05, 0) is 17.7 Å². The lowest BCUT2D eigenvalue weighted by Gasteiger charge is -2.17. The van der Waals surface area contributed by atoms with Crippen molar-refractivity contribution in [1.29, 1.82) is 0 Å². The van der Waals surface area contributed by atoms with Crippen LogP contribution in [0.15, 0.2) is 22.7 Å². The minimum absolute atomic E-state index is 0.205. The van der Waals surface area contributed by atoms with Crippen LogP contribution in [0.1, 0.15) is 11.7 Å². The van der Waals surface area contributed by atoms with Gasteiger partial charge in [-0.1, -0.05) is 33.6 Å². The molecule has 0 amide bonds. The molecule has 0 spiro atoms. The quantitative estimate of drug-likeness (QED) is 0.750. The Labute approximate surface area is 101 Å². The van der Waals surface area contributed by atoms with Crippen LogP contribution in [0.3, 0.4) is 0 Å². The summed E-state index contributed by atoms with van der Waals surface area (Å²) in [6.07, 6.45) is -1.82. The molecule has 2 unspecified atom stereocenters. The molecule has 0 bridgehead atoms. The number of thiol groups is 1. The summed E-state index contributed by atoms with van der Waals surface area (Å²) in [5.41, 5.74) is 0.607. The molecule has 0 fully saturated rings. The number of halogens is 2. The third-order valence-corrected chi connectivity index (χ3v) is 3.13. The average Bonchev–Trinajstić information content (AvgIpc) is 2.15. The third-order valence-electron chi connectivity index (χ3n) is 1.83. The van der Waals surface area contributed by atoms with Crippen molar-refractivity contribution >= 4 is 40.2 Å². The predicted octanol–water partition coefficient (Wildman–Crippen LogP) is 2.43. The maximum Gasteiger partial charge on any atom is 0.107 e. The lowest BCUT2D eigenvalue weighted by Crippen LogP contribution is -2.20. The van der Waals surface area contributed by atoms with E-state index in [0.29, 0.717) is 15.1 Å². The maximum atomic E-state index is 9.69. The Kier molecular flexibility index (Phi) is 4.73. The Balaban J connectivity index is 2.95. The minimum Gasteiger partial charge on any atom is -0.389 e. The number of hydrogen-bond donors (Lipinski definition) is 3. The van der Waals surface area contributed by atoms with E-state index in [-0.39, 0.29) is 5.75 Å². The molecule has 2 atom stereocenters. The lowest BCUT2D eigenvalue weighted by atomic mass is 10.1. The van der Waals surface area contributed by atoms with E-state index in [1.165, 1.54) is 0 Å². The molecule has 1 aromatic rings. The summed E-state index contributed by atoms with van der Waals surface area (Å²) in [4.78, 5) is 0. The molecule has 14 heavy (non-hydrogen) atoms. The first-order valence-corrected chi connectivity index (χ1v) is 5.78. The Morgan fingerprint density at radius 2 is 2.07 bits per heavy atom. The smallest absolute Gasteiger partial charge is 0.107 e. The van der Waals surface area contributed by atoms with Crippen molar-refractivity contribution in [2.24, 2.45) is 0 Å². The number of benzene rings is 1. The fourth-order valence-electron chi connectivity index (χ4n) is 1.05. The molecular formula is C9H10BrClO2S. The Hall–Kier alpha value is 0.260. The zero-order chi connectivity index (χ0) is 10.7. The lowest BCUT2D eigenvalue weighted by molar-refractivity contribution is 0.0333. The Bertz CT molecular complexity index is 322. The first-order valence-electron chi connectivity index (χ1n) is 3.98. The van der Waals surface area contributed by atoms with Crippen molar-refractivity contribution < 1.29 is 10.2 Å². The summed E-state index contributed by atoms with van der Waals surface area (Å²) in [5.74, 6) is 0.205. The van der Waals surface area contributed by atoms with Gasteiger partial charge in [0.15, 0.2) is 0 Å². The molecule has 1 rings (SSSR count). The van der Waals surface area contributed by atoms with Gasteiger partial charge in [0.05, 0.1) is 6.10 Å². The zero-order valence-corrected chi connectivity index (χ0v) is 10.4. The van der Waals surface area contributed by atoms with Crippen molar-refractivity contribution in [3.63, 3.8) is 0 Å². The van der Waals surface area contributed by atoms with Crippen LogP contribution in [-0.4, -0.2) is 22.1 Å². The monoisotopic (exact) mass is 296 g/mol. The molecule has 78 valence electrons. The molecule has 0 aliphatic heterocycles. The highest BCUT2D eigenvalue weighted by molar-refractivity contribution is 9.10. The van der Waals surface area contributed by atoms with Gasteiger partial charge in [0.25, 0.3) is 0 Å². The molecule has 2 N–H and O–H groups in total. The van der Waals surface area contributed by atoms with Gasteiger partial charge in [0, 0.05) is 15.2 Å². The molecule has 1 aromatic carbocycles. The summed E-state index contributed by atoms with van der Waals surface area (Å²) >= 11 is 12.9. The van der Waals surface area contributed by atoms with E-state index in [1.807, 2.05) is 0 Å². The molecular weight excluding hydrogens is 288 g/mol. The average molecular weight is 298 g/mol. The highest BCUT2D eigenvalue weighted by atomic mass is 79.9. The van der Waals surface area contributed by atoms with Crippen LogP contribution in [0.25, 0.3) is 0 Å². The van der Waals surface area contributed by atoms with E-state index >= 15 is 0 Å². The van der Waals surface area contributed by atoms with Crippen LogP contribution >= 0.6 is 40.2 Å². The summed E-state index contributed by atoms with van der Waals surface area (Å²) in [7, 11) is 0. The molecule has 0 aliphatic carbocycles. The second kappa shape index (κ2) is 5.37. The topological polar surface area (TPSA) is 40.5 Å². The largest absolute Gasteiger partial charge is 0.389 e. The fraction of sp³-hybridized carbons (Fsp3) is 0.333. The minimum atomic E-state index is -0.945. The first kappa shape index (κ1) is 12.3. The molecule has 5 heteroatoms. The van der Waals surface area contributed by atoms with Crippen LogP contribution in [0, 0.1) is 0 Å². The normalized spacial score (nSPS) is 15.2. The van der Waals surface area contributed by atoms with Crippen LogP contribution in [0.4, 0.5) is 0 Å². The van der Waals surface area contributed by atoms with Crippen molar-refractivity contribution in [3.8, 4) is 0 Å². The number of aliphatic hydroxyl groups is 2. The van der Waals surface area contributed by atoms with E-state index < -0.39 is 12.2 Å². The van der Waals surface area contributed by atoms with Crippen molar-refractivity contribution in [2.75, 3.05) is 5.75 Å². The second-order valence-corrected chi connectivity index (χ2v) is 4.52. The van der Waals surface area contributed by atoms with Gasteiger partial charge in [0.1, 0.15) is 6.10 Å². The van der Waals surface area contributed by atoms with E-state index in [0.717, 1.165) is 0 Å². The fourth-order valence-corrected chi connectivity index (χ4v) is 2.17. The van der Waals surface area contributed by atoms with Gasteiger partial charge in [-0.2, -0.15) is 12.6 Å². The highest BCUT2D eigenvalue weighted by Gasteiger charge is 2.19. The van der Waals surface area contributed by atoms with Crippen LogP contribution in [-0.2, 0) is 0 Å². The van der Waals surface area contributed by atoms with E-state index in [1.54, 1.807) is 18.2 Å². The van der Waals surface area contributed by atoms with Crippen LogP contribution in [0.2, 0.25) is 5.02 Å². The van der Waals surface area contributed by atoms with Crippen LogP contribution in [0.5, 0.6) is 0 Å². The second-order valence-electron chi connectivity index (χ2n) is 2.86.